The lowest BCUT2D eigenvalue weighted by atomic mass is 10.0. The zero-order chi connectivity index (χ0) is 12.8. The summed E-state index contributed by atoms with van der Waals surface area (Å²) in [6.07, 6.45) is 9.80. The third-order valence-corrected chi connectivity index (χ3v) is 3.56. The van der Waals surface area contributed by atoms with E-state index in [1.807, 2.05) is 0 Å². The van der Waals surface area contributed by atoms with Crippen molar-refractivity contribution < 1.29 is 4.79 Å². The van der Waals surface area contributed by atoms with Crippen molar-refractivity contribution in [1.82, 2.24) is 4.98 Å². The van der Waals surface area contributed by atoms with Crippen LogP contribution < -0.4 is 11.1 Å². The quantitative estimate of drug-likeness (QED) is 0.870. The molecule has 1 aromatic heterocycles. The molecule has 4 nitrogen and oxygen atoms in total. The van der Waals surface area contributed by atoms with Crippen LogP contribution in [0, 0.1) is 5.92 Å². The topological polar surface area (TPSA) is 68.0 Å². The Morgan fingerprint density at radius 3 is 2.74 bits per heavy atom. The van der Waals surface area contributed by atoms with Crippen molar-refractivity contribution in [2.24, 2.45) is 5.92 Å². The Balaban J connectivity index is 0.00000180. The van der Waals surface area contributed by atoms with Crippen LogP contribution in [-0.2, 0) is 4.79 Å². The molecule has 0 aromatic carbocycles. The lowest BCUT2D eigenvalue weighted by Gasteiger charge is -2.08. The molecule has 1 heterocycles. The minimum Gasteiger partial charge on any atom is -0.384 e. The van der Waals surface area contributed by atoms with Gasteiger partial charge in [0.2, 0.25) is 5.91 Å². The Kier molecular flexibility index (Phi) is 6.64. The fraction of sp³-hybridized carbons (Fsp3) is 0.571. The Morgan fingerprint density at radius 1 is 1.37 bits per heavy atom. The monoisotopic (exact) mass is 283 g/mol. The van der Waals surface area contributed by atoms with Gasteiger partial charge in [0.15, 0.2) is 0 Å². The van der Waals surface area contributed by atoms with E-state index in [-0.39, 0.29) is 18.3 Å². The van der Waals surface area contributed by atoms with Gasteiger partial charge in [-0.3, -0.25) is 4.79 Å². The SMILES string of the molecule is Cl.Nc1ccc(NC(=O)CCCC2CCCC2)cn1. The van der Waals surface area contributed by atoms with E-state index in [9.17, 15) is 4.79 Å². The smallest absolute Gasteiger partial charge is 0.224 e. The number of halogens is 1. The average molecular weight is 284 g/mol. The van der Waals surface area contributed by atoms with Gasteiger partial charge in [-0.05, 0) is 30.9 Å². The van der Waals surface area contributed by atoms with Crippen molar-refractivity contribution in [3.8, 4) is 0 Å². The summed E-state index contributed by atoms with van der Waals surface area (Å²) in [5, 5.41) is 2.84. The number of anilines is 2. The predicted molar refractivity (Wildman–Crippen MR) is 80.3 cm³/mol. The maximum absolute atomic E-state index is 11.7. The van der Waals surface area contributed by atoms with E-state index in [0.29, 0.717) is 12.2 Å². The average Bonchev–Trinajstić information content (AvgIpc) is 2.85. The van der Waals surface area contributed by atoms with Crippen molar-refractivity contribution in [1.29, 1.82) is 0 Å². The molecule has 0 radical (unpaired) electrons. The van der Waals surface area contributed by atoms with Crippen molar-refractivity contribution in [3.63, 3.8) is 0 Å². The first-order valence-corrected chi connectivity index (χ1v) is 6.75. The molecule has 19 heavy (non-hydrogen) atoms. The van der Waals surface area contributed by atoms with Gasteiger partial charge < -0.3 is 11.1 Å². The number of nitrogens with zero attached hydrogens (tertiary/aromatic N) is 1. The van der Waals surface area contributed by atoms with Gasteiger partial charge >= 0.3 is 0 Å². The number of pyridine rings is 1. The van der Waals surface area contributed by atoms with Crippen LogP contribution in [0.4, 0.5) is 11.5 Å². The number of nitrogens with two attached hydrogens (primary N) is 1. The molecule has 1 aliphatic carbocycles. The number of hydrogen-bond donors (Lipinski definition) is 2. The summed E-state index contributed by atoms with van der Waals surface area (Å²) in [6, 6.07) is 3.46. The van der Waals surface area contributed by atoms with Gasteiger partial charge in [0, 0.05) is 6.42 Å². The number of carbonyl (C=O) groups excluding carboxylic acids is 1. The molecule has 0 saturated heterocycles. The van der Waals surface area contributed by atoms with Crippen LogP contribution in [0.25, 0.3) is 0 Å². The van der Waals surface area contributed by atoms with E-state index < -0.39 is 0 Å². The largest absolute Gasteiger partial charge is 0.384 e. The number of rotatable bonds is 5. The van der Waals surface area contributed by atoms with E-state index >= 15 is 0 Å². The van der Waals surface area contributed by atoms with Gasteiger partial charge in [-0.1, -0.05) is 25.7 Å². The zero-order valence-corrected chi connectivity index (χ0v) is 11.9. The van der Waals surface area contributed by atoms with Gasteiger partial charge in [0.25, 0.3) is 0 Å². The molecular formula is C14H22ClN3O. The third kappa shape index (κ3) is 5.47. The second-order valence-electron chi connectivity index (χ2n) is 5.06. The fourth-order valence-electron chi connectivity index (χ4n) is 2.55. The van der Waals surface area contributed by atoms with E-state index in [4.69, 9.17) is 5.73 Å². The Bertz CT molecular complexity index is 388. The summed E-state index contributed by atoms with van der Waals surface area (Å²) in [5.41, 5.74) is 6.20. The Morgan fingerprint density at radius 2 is 2.11 bits per heavy atom. The van der Waals surface area contributed by atoms with Crippen LogP contribution in [0.5, 0.6) is 0 Å². The molecule has 2 rings (SSSR count). The highest BCUT2D eigenvalue weighted by Crippen LogP contribution is 2.28. The first kappa shape index (κ1) is 15.8. The molecule has 1 saturated carbocycles. The van der Waals surface area contributed by atoms with Crippen molar-refractivity contribution in [3.05, 3.63) is 18.3 Å². The number of aromatic nitrogens is 1. The van der Waals surface area contributed by atoms with E-state index in [1.54, 1.807) is 18.3 Å². The zero-order valence-electron chi connectivity index (χ0n) is 11.1. The van der Waals surface area contributed by atoms with Gasteiger partial charge in [-0.2, -0.15) is 0 Å². The highest BCUT2D eigenvalue weighted by atomic mass is 35.5. The number of amides is 1. The maximum Gasteiger partial charge on any atom is 0.224 e. The van der Waals surface area contributed by atoms with Crippen LogP contribution in [0.2, 0.25) is 0 Å². The number of hydrogen-bond acceptors (Lipinski definition) is 3. The number of nitrogen functional groups attached to an aromatic ring is 1. The minimum atomic E-state index is 0. The molecule has 0 bridgehead atoms. The number of carbonyl (C=O) groups is 1. The Labute approximate surface area is 120 Å². The molecule has 1 amide bonds. The molecule has 0 unspecified atom stereocenters. The molecule has 1 aromatic rings. The normalized spacial score (nSPS) is 14.9. The van der Waals surface area contributed by atoms with Crippen molar-refractivity contribution in [2.75, 3.05) is 11.1 Å². The van der Waals surface area contributed by atoms with E-state index in [1.165, 1.54) is 32.1 Å². The number of nitrogens with one attached hydrogen (secondary N) is 1. The third-order valence-electron chi connectivity index (χ3n) is 3.56. The highest BCUT2D eigenvalue weighted by molar-refractivity contribution is 5.90. The van der Waals surface area contributed by atoms with Crippen molar-refractivity contribution in [2.45, 2.75) is 44.9 Å². The molecule has 106 valence electrons. The maximum atomic E-state index is 11.7. The highest BCUT2D eigenvalue weighted by Gasteiger charge is 2.14. The molecule has 0 spiro atoms. The van der Waals surface area contributed by atoms with Gasteiger partial charge in [-0.25, -0.2) is 4.98 Å². The van der Waals surface area contributed by atoms with E-state index in [2.05, 4.69) is 10.3 Å². The predicted octanol–water partition coefficient (Wildman–Crippen LogP) is 3.38. The van der Waals surface area contributed by atoms with Crippen LogP contribution in [0.3, 0.4) is 0 Å². The molecule has 3 N–H and O–H groups in total. The molecular weight excluding hydrogens is 262 g/mol. The first-order valence-electron chi connectivity index (χ1n) is 6.75. The van der Waals surface area contributed by atoms with Crippen LogP contribution in [0.15, 0.2) is 18.3 Å². The molecule has 0 atom stereocenters. The summed E-state index contributed by atoms with van der Waals surface area (Å²) in [5.74, 6) is 1.39. The first-order chi connectivity index (χ1) is 8.74. The molecule has 1 fully saturated rings. The summed E-state index contributed by atoms with van der Waals surface area (Å²) in [6.45, 7) is 0. The summed E-state index contributed by atoms with van der Waals surface area (Å²) < 4.78 is 0. The van der Waals surface area contributed by atoms with Gasteiger partial charge in [0.05, 0.1) is 11.9 Å². The lowest BCUT2D eigenvalue weighted by Crippen LogP contribution is -2.12. The second kappa shape index (κ2) is 8.00. The lowest BCUT2D eigenvalue weighted by molar-refractivity contribution is -0.116. The van der Waals surface area contributed by atoms with Gasteiger partial charge in [0.1, 0.15) is 5.82 Å². The second-order valence-corrected chi connectivity index (χ2v) is 5.06. The van der Waals surface area contributed by atoms with Crippen molar-refractivity contribution >= 4 is 29.8 Å². The summed E-state index contributed by atoms with van der Waals surface area (Å²) >= 11 is 0. The van der Waals surface area contributed by atoms with Crippen LogP contribution in [-0.4, -0.2) is 10.9 Å². The molecule has 5 heteroatoms. The fourth-order valence-corrected chi connectivity index (χ4v) is 2.55. The van der Waals surface area contributed by atoms with E-state index in [0.717, 1.165) is 18.0 Å². The van der Waals surface area contributed by atoms with Crippen LogP contribution >= 0.6 is 12.4 Å². The van der Waals surface area contributed by atoms with Gasteiger partial charge in [-0.15, -0.1) is 12.4 Å². The summed E-state index contributed by atoms with van der Waals surface area (Å²) in [7, 11) is 0. The Hall–Kier alpha value is -1.29. The standard InChI is InChI=1S/C14H21N3O.ClH/c15-13-9-8-12(10-16-13)17-14(18)7-3-6-11-4-1-2-5-11;/h8-11H,1-7H2,(H2,15,16)(H,17,18);1H. The molecule has 1 aliphatic rings. The molecule has 0 aliphatic heterocycles. The minimum absolute atomic E-state index is 0. The van der Waals surface area contributed by atoms with Crippen LogP contribution in [0.1, 0.15) is 44.9 Å². The summed E-state index contributed by atoms with van der Waals surface area (Å²) in [4.78, 5) is 15.6.